The van der Waals surface area contributed by atoms with Crippen molar-refractivity contribution in [3.05, 3.63) is 57.6 Å². The number of aryl methyl sites for hydroxylation is 2. The number of rotatable bonds is 7. The van der Waals surface area contributed by atoms with Gasteiger partial charge in [0.15, 0.2) is 12.6 Å². The number of nitro benzene ring substituents is 1. The number of nitrogens with two attached hydrogens (primary N) is 1. The number of benzene rings is 2. The van der Waals surface area contributed by atoms with E-state index in [-0.39, 0.29) is 18.3 Å². The lowest BCUT2D eigenvalue weighted by Crippen LogP contribution is -2.20. The molecule has 0 aromatic heterocycles. The van der Waals surface area contributed by atoms with E-state index in [9.17, 15) is 10.1 Å². The molecule has 2 aliphatic heterocycles. The molecule has 0 amide bonds. The van der Waals surface area contributed by atoms with Crippen LogP contribution >= 0.6 is 0 Å². The van der Waals surface area contributed by atoms with Crippen molar-refractivity contribution in [2.45, 2.75) is 26.4 Å². The zero-order chi connectivity index (χ0) is 22.9. The van der Waals surface area contributed by atoms with E-state index in [0.29, 0.717) is 45.2 Å². The number of hydrogen-bond acceptors (Lipinski definition) is 9. The number of hydrogen-bond donors (Lipinski definition) is 3. The van der Waals surface area contributed by atoms with Gasteiger partial charge < -0.3 is 35.3 Å². The minimum Gasteiger partial charge on any atom is -0.397 e. The van der Waals surface area contributed by atoms with Crippen LogP contribution in [0.1, 0.15) is 11.1 Å². The topological polar surface area (TPSA) is 130 Å². The van der Waals surface area contributed by atoms with E-state index < -0.39 is 4.92 Å². The fourth-order valence-corrected chi connectivity index (χ4v) is 3.21. The number of nitrogens with one attached hydrogen (secondary N) is 2. The van der Waals surface area contributed by atoms with Crippen molar-refractivity contribution in [2.24, 2.45) is 0 Å². The smallest absolute Gasteiger partial charge is 0.292 e. The van der Waals surface area contributed by atoms with Gasteiger partial charge in [-0.05, 0) is 43.2 Å². The molecule has 0 radical (unpaired) electrons. The summed E-state index contributed by atoms with van der Waals surface area (Å²) in [5.41, 5.74) is 10.2. The summed E-state index contributed by atoms with van der Waals surface area (Å²) in [6.45, 7) is 7.46. The first-order valence-electron chi connectivity index (χ1n) is 10.5. The van der Waals surface area contributed by atoms with Gasteiger partial charge >= 0.3 is 0 Å². The van der Waals surface area contributed by atoms with Gasteiger partial charge in [0.2, 0.25) is 0 Å². The molecule has 0 aliphatic carbocycles. The van der Waals surface area contributed by atoms with Crippen molar-refractivity contribution in [2.75, 3.05) is 55.9 Å². The Kier molecular flexibility index (Phi) is 8.63. The van der Waals surface area contributed by atoms with Crippen LogP contribution in [-0.2, 0) is 18.9 Å². The molecular weight excluding hydrogens is 416 g/mol. The van der Waals surface area contributed by atoms with Crippen LogP contribution in [0.2, 0.25) is 0 Å². The van der Waals surface area contributed by atoms with E-state index in [1.54, 1.807) is 12.1 Å². The molecule has 0 bridgehead atoms. The Bertz CT molecular complexity index is 898. The van der Waals surface area contributed by atoms with Crippen molar-refractivity contribution < 1.29 is 23.9 Å². The van der Waals surface area contributed by atoms with E-state index in [2.05, 4.69) is 10.6 Å². The van der Waals surface area contributed by atoms with Crippen molar-refractivity contribution in [1.29, 1.82) is 0 Å². The van der Waals surface area contributed by atoms with Crippen LogP contribution in [0.4, 0.5) is 22.7 Å². The molecule has 0 saturated carbocycles. The Morgan fingerprint density at radius 1 is 0.875 bits per heavy atom. The van der Waals surface area contributed by atoms with Crippen LogP contribution in [0.3, 0.4) is 0 Å². The Balaban J connectivity index is 0.000000182. The minimum atomic E-state index is -0.405. The maximum atomic E-state index is 10.8. The van der Waals surface area contributed by atoms with Crippen LogP contribution in [0.15, 0.2) is 36.4 Å². The molecule has 0 atom stereocenters. The summed E-state index contributed by atoms with van der Waals surface area (Å²) in [4.78, 5) is 10.4. The van der Waals surface area contributed by atoms with Crippen LogP contribution in [0.25, 0.3) is 0 Å². The predicted molar refractivity (Wildman–Crippen MR) is 122 cm³/mol. The monoisotopic (exact) mass is 446 g/mol. The zero-order valence-electron chi connectivity index (χ0n) is 18.3. The lowest BCUT2D eigenvalue weighted by molar-refractivity contribution is -0.384. The molecule has 4 N–H and O–H groups in total. The first-order chi connectivity index (χ1) is 15.4. The Labute approximate surface area is 187 Å². The molecule has 2 saturated heterocycles. The van der Waals surface area contributed by atoms with Gasteiger partial charge in [-0.25, -0.2) is 0 Å². The fraction of sp³-hybridized carbons (Fsp3) is 0.455. The third kappa shape index (κ3) is 7.06. The minimum absolute atomic E-state index is 0.0635. The van der Waals surface area contributed by atoms with Crippen molar-refractivity contribution in [1.82, 2.24) is 0 Å². The highest BCUT2D eigenvalue weighted by Crippen LogP contribution is 2.25. The van der Waals surface area contributed by atoms with E-state index >= 15 is 0 Å². The Morgan fingerprint density at radius 3 is 1.88 bits per heavy atom. The number of nitrogen functional groups attached to an aromatic ring is 1. The summed E-state index contributed by atoms with van der Waals surface area (Å²) in [5, 5.41) is 17.0. The summed E-state index contributed by atoms with van der Waals surface area (Å²) in [7, 11) is 0. The van der Waals surface area contributed by atoms with Crippen molar-refractivity contribution in [3.63, 3.8) is 0 Å². The third-order valence-corrected chi connectivity index (χ3v) is 4.86. The highest BCUT2D eigenvalue weighted by Gasteiger charge is 2.19. The second kappa shape index (κ2) is 11.6. The van der Waals surface area contributed by atoms with E-state index in [0.717, 1.165) is 16.9 Å². The molecule has 4 rings (SSSR count). The first-order valence-corrected chi connectivity index (χ1v) is 10.5. The molecule has 32 heavy (non-hydrogen) atoms. The van der Waals surface area contributed by atoms with E-state index in [1.165, 1.54) is 11.6 Å². The fourth-order valence-electron chi connectivity index (χ4n) is 3.21. The van der Waals surface area contributed by atoms with Gasteiger partial charge in [-0.15, -0.1) is 0 Å². The van der Waals surface area contributed by atoms with E-state index in [1.807, 2.05) is 32.0 Å². The lowest BCUT2D eigenvalue weighted by atomic mass is 10.2. The molecule has 2 fully saturated rings. The maximum Gasteiger partial charge on any atom is 0.292 e. The molecule has 2 aromatic carbocycles. The molecule has 2 heterocycles. The van der Waals surface area contributed by atoms with Crippen molar-refractivity contribution in [3.8, 4) is 0 Å². The molecule has 2 aromatic rings. The van der Waals surface area contributed by atoms with Crippen LogP contribution in [0.5, 0.6) is 0 Å². The quantitative estimate of drug-likeness (QED) is 0.334. The van der Waals surface area contributed by atoms with Gasteiger partial charge in [0, 0.05) is 6.07 Å². The lowest BCUT2D eigenvalue weighted by Gasteiger charge is -2.13. The number of nitrogens with zero attached hydrogens (tertiary/aromatic N) is 1. The van der Waals surface area contributed by atoms with Gasteiger partial charge in [0.1, 0.15) is 5.69 Å². The summed E-state index contributed by atoms with van der Waals surface area (Å²) in [6, 6.07) is 10.9. The average Bonchev–Trinajstić information content (AvgIpc) is 3.47. The molecule has 2 aliphatic rings. The molecular formula is C22H30N4O6. The molecule has 174 valence electrons. The highest BCUT2D eigenvalue weighted by atomic mass is 16.7. The number of ether oxygens (including phenoxy) is 4. The summed E-state index contributed by atoms with van der Waals surface area (Å²) in [5.74, 6) is 0. The van der Waals surface area contributed by atoms with Crippen molar-refractivity contribution >= 4 is 22.7 Å². The van der Waals surface area contributed by atoms with Gasteiger partial charge in [-0.1, -0.05) is 12.1 Å². The highest BCUT2D eigenvalue weighted by molar-refractivity contribution is 5.67. The van der Waals surface area contributed by atoms with E-state index in [4.69, 9.17) is 24.7 Å². The standard InChI is InChI=1S/C11H14N2O4.C11H16N2O2/c1-8-2-3-10(13(14)15)9(6-8)12-7-11-16-4-5-17-11;1-8-2-3-9(12)10(6-8)13-7-11-14-4-5-15-11/h2-3,6,11-12H,4-5,7H2,1H3;2-3,6,11,13H,4-5,7,12H2,1H3. The molecule has 0 spiro atoms. The molecule has 10 heteroatoms. The van der Waals surface area contributed by atoms with Gasteiger partial charge in [-0.2, -0.15) is 0 Å². The van der Waals surface area contributed by atoms with Gasteiger partial charge in [-0.3, -0.25) is 10.1 Å². The molecule has 10 nitrogen and oxygen atoms in total. The predicted octanol–water partition coefficient (Wildman–Crippen LogP) is 3.05. The van der Waals surface area contributed by atoms with Gasteiger partial charge in [0.25, 0.3) is 5.69 Å². The zero-order valence-corrected chi connectivity index (χ0v) is 18.3. The van der Waals surface area contributed by atoms with Crippen LogP contribution in [-0.4, -0.2) is 57.0 Å². The normalized spacial score (nSPS) is 16.4. The second-order valence-electron chi connectivity index (χ2n) is 7.47. The number of anilines is 3. The number of nitro groups is 1. The first kappa shape index (κ1) is 23.7. The van der Waals surface area contributed by atoms with Crippen LogP contribution in [0, 0.1) is 24.0 Å². The molecule has 0 unspecified atom stereocenters. The third-order valence-electron chi connectivity index (χ3n) is 4.86. The largest absolute Gasteiger partial charge is 0.397 e. The summed E-state index contributed by atoms with van der Waals surface area (Å²) < 4.78 is 21.1. The van der Waals surface area contributed by atoms with Crippen LogP contribution < -0.4 is 16.4 Å². The second-order valence-corrected chi connectivity index (χ2v) is 7.47. The Morgan fingerprint density at radius 2 is 1.34 bits per heavy atom. The van der Waals surface area contributed by atoms with Gasteiger partial charge in [0.05, 0.1) is 55.8 Å². The summed E-state index contributed by atoms with van der Waals surface area (Å²) >= 11 is 0. The maximum absolute atomic E-state index is 10.8. The summed E-state index contributed by atoms with van der Waals surface area (Å²) in [6.07, 6.45) is -0.472. The Hall–Kier alpha value is -2.92. The SMILES string of the molecule is Cc1ccc(N)c(NCC2OCCO2)c1.Cc1ccc([N+](=O)[O-])c(NCC2OCCO2)c1. The average molecular weight is 447 g/mol.